The van der Waals surface area contributed by atoms with Gasteiger partial charge in [-0.15, -0.1) is 0 Å². The van der Waals surface area contributed by atoms with Crippen molar-refractivity contribution >= 4 is 27.3 Å². The van der Waals surface area contributed by atoms with Gasteiger partial charge in [-0.05, 0) is 28.1 Å². The van der Waals surface area contributed by atoms with Crippen molar-refractivity contribution in [3.05, 3.63) is 34.2 Å². The van der Waals surface area contributed by atoms with E-state index in [0.29, 0.717) is 5.19 Å². The van der Waals surface area contributed by atoms with Crippen LogP contribution in [0.5, 0.6) is 16.7 Å². The van der Waals surface area contributed by atoms with Crippen LogP contribution in [-0.4, -0.2) is 12.1 Å². The third-order valence-electron chi connectivity index (χ3n) is 1.70. The maximum absolute atomic E-state index is 5.54. The second-order valence-corrected chi connectivity index (χ2v) is 4.35. The van der Waals surface area contributed by atoms with Crippen LogP contribution in [-0.2, 0) is 0 Å². The predicted molar refractivity (Wildman–Crippen MR) is 62.9 cm³/mol. The molecule has 2 rings (SSSR count). The molecule has 0 N–H and O–H groups in total. The second-order valence-electron chi connectivity index (χ2n) is 2.72. The van der Waals surface area contributed by atoms with Gasteiger partial charge in [0.25, 0.3) is 5.19 Å². The van der Waals surface area contributed by atoms with Crippen molar-refractivity contribution < 1.29 is 9.47 Å². The molecule has 15 heavy (non-hydrogen) atoms. The highest BCUT2D eigenvalue weighted by Gasteiger charge is 2.02. The minimum Gasteiger partial charge on any atom is -0.497 e. The molecule has 1 heterocycles. The van der Waals surface area contributed by atoms with Gasteiger partial charge in [0.1, 0.15) is 16.1 Å². The van der Waals surface area contributed by atoms with E-state index in [2.05, 4.69) is 20.9 Å². The third kappa shape index (κ3) is 2.70. The Morgan fingerprint density at radius 2 is 2.13 bits per heavy atom. The van der Waals surface area contributed by atoms with Crippen molar-refractivity contribution in [1.82, 2.24) is 4.98 Å². The molecule has 0 aliphatic carbocycles. The average molecular weight is 286 g/mol. The number of ether oxygens (including phenoxy) is 2. The van der Waals surface area contributed by atoms with Gasteiger partial charge in [-0.1, -0.05) is 17.4 Å². The van der Waals surface area contributed by atoms with Gasteiger partial charge >= 0.3 is 0 Å². The summed E-state index contributed by atoms with van der Waals surface area (Å²) in [7, 11) is 1.62. The number of hydrogen-bond acceptors (Lipinski definition) is 4. The zero-order valence-electron chi connectivity index (χ0n) is 7.94. The molecule has 2 aromatic rings. The second kappa shape index (κ2) is 4.63. The lowest BCUT2D eigenvalue weighted by Crippen LogP contribution is -1.85. The van der Waals surface area contributed by atoms with Crippen molar-refractivity contribution in [3.8, 4) is 16.7 Å². The first-order valence-corrected chi connectivity index (χ1v) is 5.88. The molecular formula is C10H8BrNO2S. The van der Waals surface area contributed by atoms with Gasteiger partial charge in [-0.3, -0.25) is 0 Å². The van der Waals surface area contributed by atoms with E-state index in [9.17, 15) is 0 Å². The van der Waals surface area contributed by atoms with Crippen LogP contribution in [0.1, 0.15) is 0 Å². The Morgan fingerprint density at radius 3 is 2.80 bits per heavy atom. The van der Waals surface area contributed by atoms with Crippen LogP contribution < -0.4 is 9.47 Å². The van der Waals surface area contributed by atoms with Gasteiger partial charge in [0.2, 0.25) is 0 Å². The van der Waals surface area contributed by atoms with Crippen LogP contribution in [0.4, 0.5) is 0 Å². The summed E-state index contributed by atoms with van der Waals surface area (Å²) in [6.45, 7) is 0. The first kappa shape index (κ1) is 10.4. The smallest absolute Gasteiger partial charge is 0.279 e. The molecule has 1 aromatic carbocycles. The fourth-order valence-electron chi connectivity index (χ4n) is 1.05. The van der Waals surface area contributed by atoms with Gasteiger partial charge in [0, 0.05) is 11.4 Å². The van der Waals surface area contributed by atoms with Crippen molar-refractivity contribution in [1.29, 1.82) is 0 Å². The van der Waals surface area contributed by atoms with E-state index in [1.54, 1.807) is 7.11 Å². The number of hydrogen-bond donors (Lipinski definition) is 0. The topological polar surface area (TPSA) is 31.4 Å². The van der Waals surface area contributed by atoms with Gasteiger partial charge in [-0.25, -0.2) is 0 Å². The highest BCUT2D eigenvalue weighted by atomic mass is 79.9. The molecule has 1 aromatic heterocycles. The minimum atomic E-state index is 0.607. The van der Waals surface area contributed by atoms with Crippen molar-refractivity contribution in [2.75, 3.05) is 7.11 Å². The van der Waals surface area contributed by atoms with E-state index in [1.165, 1.54) is 11.3 Å². The first-order valence-electron chi connectivity index (χ1n) is 4.21. The third-order valence-corrected chi connectivity index (χ3v) is 3.13. The molecule has 0 fully saturated rings. The summed E-state index contributed by atoms with van der Waals surface area (Å²) in [5.74, 6) is 1.49. The van der Waals surface area contributed by atoms with E-state index < -0.39 is 0 Å². The van der Waals surface area contributed by atoms with Crippen LogP contribution in [0.3, 0.4) is 0 Å². The normalized spacial score (nSPS) is 10.0. The SMILES string of the molecule is COc1cccc(Oc2nc(Br)cs2)c1. The monoisotopic (exact) mass is 285 g/mol. The zero-order chi connectivity index (χ0) is 10.7. The van der Waals surface area contributed by atoms with Gasteiger partial charge in [-0.2, -0.15) is 4.98 Å². The molecule has 0 unspecified atom stereocenters. The van der Waals surface area contributed by atoms with Crippen molar-refractivity contribution in [3.63, 3.8) is 0 Å². The lowest BCUT2D eigenvalue weighted by Gasteiger charge is -2.03. The fraction of sp³-hybridized carbons (Fsp3) is 0.100. The number of rotatable bonds is 3. The summed E-state index contributed by atoms with van der Waals surface area (Å²) >= 11 is 4.71. The van der Waals surface area contributed by atoms with Crippen molar-refractivity contribution in [2.24, 2.45) is 0 Å². The lowest BCUT2D eigenvalue weighted by molar-refractivity contribution is 0.409. The molecule has 5 heteroatoms. The van der Waals surface area contributed by atoms with Crippen LogP contribution >= 0.6 is 27.3 Å². The number of benzene rings is 1. The zero-order valence-corrected chi connectivity index (χ0v) is 10.3. The molecule has 0 spiro atoms. The number of halogens is 1. The largest absolute Gasteiger partial charge is 0.497 e. The number of thiazole rings is 1. The Hall–Kier alpha value is -1.07. The highest BCUT2D eigenvalue weighted by Crippen LogP contribution is 2.28. The molecule has 0 aliphatic rings. The van der Waals surface area contributed by atoms with E-state index in [1.807, 2.05) is 29.6 Å². The standard InChI is InChI=1S/C10H8BrNO2S/c1-13-7-3-2-4-8(5-7)14-10-12-9(11)6-15-10/h2-6H,1H3. The van der Waals surface area contributed by atoms with Crippen LogP contribution in [0.25, 0.3) is 0 Å². The molecule has 0 saturated carbocycles. The van der Waals surface area contributed by atoms with Gasteiger partial charge in [0.15, 0.2) is 0 Å². The van der Waals surface area contributed by atoms with Gasteiger partial charge in [0.05, 0.1) is 7.11 Å². The Labute approximate surface area is 99.8 Å². The summed E-state index contributed by atoms with van der Waals surface area (Å²) < 4.78 is 11.4. The summed E-state index contributed by atoms with van der Waals surface area (Å²) in [6.07, 6.45) is 0. The van der Waals surface area contributed by atoms with E-state index in [0.717, 1.165) is 16.1 Å². The van der Waals surface area contributed by atoms with E-state index in [4.69, 9.17) is 9.47 Å². The van der Waals surface area contributed by atoms with Crippen molar-refractivity contribution in [2.45, 2.75) is 0 Å². The van der Waals surface area contributed by atoms with Gasteiger partial charge < -0.3 is 9.47 Å². The summed E-state index contributed by atoms with van der Waals surface area (Å²) in [6, 6.07) is 7.41. The Bertz CT molecular complexity index is 458. The van der Waals surface area contributed by atoms with Crippen LogP contribution in [0, 0.1) is 0 Å². The highest BCUT2D eigenvalue weighted by molar-refractivity contribution is 9.10. The molecule has 78 valence electrons. The number of methoxy groups -OCH3 is 1. The Kier molecular flexibility index (Phi) is 3.23. The molecule has 0 bridgehead atoms. The Morgan fingerprint density at radius 1 is 1.33 bits per heavy atom. The summed E-state index contributed by atoms with van der Waals surface area (Å²) in [5.41, 5.74) is 0. The summed E-state index contributed by atoms with van der Waals surface area (Å²) in [4.78, 5) is 4.13. The minimum absolute atomic E-state index is 0.607. The molecule has 0 atom stereocenters. The predicted octanol–water partition coefficient (Wildman–Crippen LogP) is 3.71. The fourth-order valence-corrected chi connectivity index (χ4v) is 2.16. The van der Waals surface area contributed by atoms with E-state index in [-0.39, 0.29) is 0 Å². The average Bonchev–Trinajstić information content (AvgIpc) is 2.64. The molecule has 0 amide bonds. The molecule has 3 nitrogen and oxygen atoms in total. The van der Waals surface area contributed by atoms with E-state index >= 15 is 0 Å². The lowest BCUT2D eigenvalue weighted by atomic mass is 10.3. The number of aromatic nitrogens is 1. The van der Waals surface area contributed by atoms with Crippen LogP contribution in [0.2, 0.25) is 0 Å². The molecule has 0 aliphatic heterocycles. The molecule has 0 saturated heterocycles. The quantitative estimate of drug-likeness (QED) is 0.862. The Balaban J connectivity index is 2.16. The molecular weight excluding hydrogens is 278 g/mol. The maximum atomic E-state index is 5.54. The summed E-state index contributed by atoms with van der Waals surface area (Å²) in [5, 5.41) is 2.48. The maximum Gasteiger partial charge on any atom is 0.279 e. The number of nitrogens with zero attached hydrogens (tertiary/aromatic N) is 1. The molecule has 0 radical (unpaired) electrons. The first-order chi connectivity index (χ1) is 7.28. The van der Waals surface area contributed by atoms with Crippen LogP contribution in [0.15, 0.2) is 34.2 Å².